The summed E-state index contributed by atoms with van der Waals surface area (Å²) in [5.41, 5.74) is 4.98. The molecule has 1 aliphatic rings. The molecule has 94 valence electrons. The Balaban J connectivity index is 1.86. The molecule has 0 aliphatic heterocycles. The Morgan fingerprint density at radius 2 is 2.22 bits per heavy atom. The Labute approximate surface area is 107 Å². The van der Waals surface area contributed by atoms with Crippen molar-refractivity contribution in [3.8, 4) is 0 Å². The van der Waals surface area contributed by atoms with Crippen molar-refractivity contribution >= 4 is 5.69 Å². The fourth-order valence-electron chi connectivity index (χ4n) is 2.69. The minimum absolute atomic E-state index is 0.367. The van der Waals surface area contributed by atoms with Crippen molar-refractivity contribution in [1.82, 2.24) is 14.8 Å². The molecule has 1 unspecified atom stereocenters. The zero-order valence-electron chi connectivity index (χ0n) is 10.8. The van der Waals surface area contributed by atoms with Crippen LogP contribution in [0.4, 0.5) is 5.69 Å². The van der Waals surface area contributed by atoms with E-state index >= 15 is 0 Å². The smallest absolute Gasteiger partial charge is 0.0548 e. The number of hydrogen-bond donors (Lipinski definition) is 1. The number of anilines is 1. The Kier molecular flexibility index (Phi) is 2.78. The maximum absolute atomic E-state index is 4.37. The zero-order chi connectivity index (χ0) is 12.5. The van der Waals surface area contributed by atoms with E-state index in [0.29, 0.717) is 6.04 Å². The molecule has 0 saturated carbocycles. The summed E-state index contributed by atoms with van der Waals surface area (Å²) in [5, 5.41) is 7.94. The number of rotatable bonds is 2. The minimum atomic E-state index is 0.367. The van der Waals surface area contributed by atoms with Crippen LogP contribution in [0.2, 0.25) is 0 Å². The fourth-order valence-corrected chi connectivity index (χ4v) is 2.69. The number of nitrogens with one attached hydrogen (secondary N) is 1. The second-order valence-corrected chi connectivity index (χ2v) is 5.01. The third-order valence-corrected chi connectivity index (χ3v) is 3.59. The first-order chi connectivity index (χ1) is 8.74. The summed E-state index contributed by atoms with van der Waals surface area (Å²) in [6.45, 7) is 2.06. The van der Waals surface area contributed by atoms with Gasteiger partial charge in [0.1, 0.15) is 0 Å². The summed E-state index contributed by atoms with van der Waals surface area (Å²) in [4.78, 5) is 4.23. The SMILES string of the molecule is Cc1cncc(NC2CCCc3c2cnn3C)c1. The van der Waals surface area contributed by atoms with Gasteiger partial charge in [-0.1, -0.05) is 0 Å². The van der Waals surface area contributed by atoms with Gasteiger partial charge in [-0.3, -0.25) is 9.67 Å². The lowest BCUT2D eigenvalue weighted by molar-refractivity contribution is 0.571. The number of pyridine rings is 1. The number of nitrogens with zero attached hydrogens (tertiary/aromatic N) is 3. The molecule has 1 atom stereocenters. The summed E-state index contributed by atoms with van der Waals surface area (Å²) in [5.74, 6) is 0. The third-order valence-electron chi connectivity index (χ3n) is 3.59. The van der Waals surface area contributed by atoms with Crippen molar-refractivity contribution in [3.05, 3.63) is 41.5 Å². The van der Waals surface area contributed by atoms with E-state index < -0.39 is 0 Å². The zero-order valence-corrected chi connectivity index (χ0v) is 10.8. The number of aryl methyl sites for hydroxylation is 2. The lowest BCUT2D eigenvalue weighted by Crippen LogP contribution is -2.17. The molecule has 0 fully saturated rings. The van der Waals surface area contributed by atoms with Crippen molar-refractivity contribution in [1.29, 1.82) is 0 Å². The van der Waals surface area contributed by atoms with Gasteiger partial charge >= 0.3 is 0 Å². The van der Waals surface area contributed by atoms with Crippen LogP contribution < -0.4 is 5.32 Å². The van der Waals surface area contributed by atoms with E-state index in [4.69, 9.17) is 0 Å². The van der Waals surface area contributed by atoms with E-state index in [1.165, 1.54) is 23.2 Å². The molecule has 0 spiro atoms. The third kappa shape index (κ3) is 1.98. The van der Waals surface area contributed by atoms with Gasteiger partial charge in [0.15, 0.2) is 0 Å². The Bertz CT molecular complexity index is 559. The Morgan fingerprint density at radius 1 is 1.33 bits per heavy atom. The molecule has 3 rings (SSSR count). The quantitative estimate of drug-likeness (QED) is 0.880. The van der Waals surface area contributed by atoms with E-state index in [-0.39, 0.29) is 0 Å². The average Bonchev–Trinajstić information content (AvgIpc) is 2.73. The molecule has 4 heteroatoms. The summed E-state index contributed by atoms with van der Waals surface area (Å²) in [6, 6.07) is 2.50. The highest BCUT2D eigenvalue weighted by atomic mass is 15.3. The van der Waals surface area contributed by atoms with E-state index in [9.17, 15) is 0 Å². The summed E-state index contributed by atoms with van der Waals surface area (Å²) in [7, 11) is 2.02. The molecule has 0 amide bonds. The molecule has 0 radical (unpaired) electrons. The van der Waals surface area contributed by atoms with Gasteiger partial charge in [-0.15, -0.1) is 0 Å². The van der Waals surface area contributed by atoms with Gasteiger partial charge in [0.25, 0.3) is 0 Å². The first-order valence-electron chi connectivity index (χ1n) is 6.43. The van der Waals surface area contributed by atoms with Crippen molar-refractivity contribution in [2.75, 3.05) is 5.32 Å². The van der Waals surface area contributed by atoms with Crippen LogP contribution in [0.3, 0.4) is 0 Å². The monoisotopic (exact) mass is 242 g/mol. The molecule has 0 aromatic carbocycles. The van der Waals surface area contributed by atoms with Crippen LogP contribution >= 0.6 is 0 Å². The first-order valence-corrected chi connectivity index (χ1v) is 6.43. The van der Waals surface area contributed by atoms with Crippen molar-refractivity contribution in [2.45, 2.75) is 32.2 Å². The summed E-state index contributed by atoms with van der Waals surface area (Å²) >= 11 is 0. The standard InChI is InChI=1S/C14H18N4/c1-10-6-11(8-15-7-10)17-13-4-3-5-14-12(13)9-16-18(14)2/h6-9,13,17H,3-5H2,1-2H3. The fraction of sp³-hybridized carbons (Fsp3) is 0.429. The van der Waals surface area contributed by atoms with Gasteiger partial charge in [-0.05, 0) is 37.8 Å². The molecular formula is C14H18N4. The van der Waals surface area contributed by atoms with Gasteiger partial charge in [0.05, 0.1) is 17.9 Å². The number of hydrogen-bond acceptors (Lipinski definition) is 3. The molecule has 18 heavy (non-hydrogen) atoms. The summed E-state index contributed by atoms with van der Waals surface area (Å²) < 4.78 is 2.00. The van der Waals surface area contributed by atoms with Crippen LogP contribution in [0.25, 0.3) is 0 Å². The van der Waals surface area contributed by atoms with E-state index in [1.807, 2.05) is 30.3 Å². The van der Waals surface area contributed by atoms with Crippen LogP contribution in [0.1, 0.15) is 35.7 Å². The largest absolute Gasteiger partial charge is 0.377 e. The molecule has 2 aromatic rings. The predicted molar refractivity (Wildman–Crippen MR) is 71.5 cm³/mol. The molecule has 4 nitrogen and oxygen atoms in total. The van der Waals surface area contributed by atoms with Crippen LogP contribution in [-0.4, -0.2) is 14.8 Å². The minimum Gasteiger partial charge on any atom is -0.377 e. The second-order valence-electron chi connectivity index (χ2n) is 5.01. The predicted octanol–water partition coefficient (Wildman–Crippen LogP) is 2.61. The second kappa shape index (κ2) is 4.44. The maximum atomic E-state index is 4.37. The average molecular weight is 242 g/mol. The Hall–Kier alpha value is -1.84. The molecule has 1 aliphatic carbocycles. The van der Waals surface area contributed by atoms with Crippen molar-refractivity contribution < 1.29 is 0 Å². The van der Waals surface area contributed by atoms with Gasteiger partial charge in [-0.2, -0.15) is 5.10 Å². The molecule has 2 aromatic heterocycles. The first kappa shape index (κ1) is 11.3. The lowest BCUT2D eigenvalue weighted by Gasteiger charge is -2.24. The molecule has 1 N–H and O–H groups in total. The van der Waals surface area contributed by atoms with Crippen molar-refractivity contribution in [2.24, 2.45) is 7.05 Å². The highest BCUT2D eigenvalue weighted by Gasteiger charge is 2.23. The normalized spacial score (nSPS) is 18.4. The molecular weight excluding hydrogens is 224 g/mol. The highest BCUT2D eigenvalue weighted by Crippen LogP contribution is 2.31. The molecule has 0 bridgehead atoms. The van der Waals surface area contributed by atoms with Crippen LogP contribution in [0, 0.1) is 6.92 Å². The maximum Gasteiger partial charge on any atom is 0.0548 e. The van der Waals surface area contributed by atoms with Gasteiger partial charge in [-0.25, -0.2) is 0 Å². The number of aromatic nitrogens is 3. The van der Waals surface area contributed by atoms with Crippen LogP contribution in [-0.2, 0) is 13.5 Å². The number of fused-ring (bicyclic) bond motifs is 1. The van der Waals surface area contributed by atoms with Gasteiger partial charge in [0, 0.05) is 30.7 Å². The van der Waals surface area contributed by atoms with Crippen molar-refractivity contribution in [3.63, 3.8) is 0 Å². The highest BCUT2D eigenvalue weighted by molar-refractivity contribution is 5.46. The van der Waals surface area contributed by atoms with Crippen LogP contribution in [0.15, 0.2) is 24.7 Å². The van der Waals surface area contributed by atoms with E-state index in [0.717, 1.165) is 18.5 Å². The molecule has 0 saturated heterocycles. The lowest BCUT2D eigenvalue weighted by atomic mass is 9.93. The van der Waals surface area contributed by atoms with E-state index in [2.05, 4.69) is 28.4 Å². The van der Waals surface area contributed by atoms with Crippen LogP contribution in [0.5, 0.6) is 0 Å². The molecule has 2 heterocycles. The Morgan fingerprint density at radius 3 is 3.06 bits per heavy atom. The van der Waals surface area contributed by atoms with Gasteiger partial charge in [0.2, 0.25) is 0 Å². The van der Waals surface area contributed by atoms with E-state index in [1.54, 1.807) is 0 Å². The van der Waals surface area contributed by atoms with Gasteiger partial charge < -0.3 is 5.32 Å². The topological polar surface area (TPSA) is 42.7 Å². The summed E-state index contributed by atoms with van der Waals surface area (Å²) in [6.07, 6.45) is 9.26.